The summed E-state index contributed by atoms with van der Waals surface area (Å²) in [6, 6.07) is 0. The molecular weight excluding hydrogens is 223 g/mol. The summed E-state index contributed by atoms with van der Waals surface area (Å²) in [4.78, 5) is 8.07. The number of aromatic nitrogens is 2. The van der Waals surface area contributed by atoms with Gasteiger partial charge < -0.3 is 4.74 Å². The lowest BCUT2D eigenvalue weighted by molar-refractivity contribution is -0.00614. The van der Waals surface area contributed by atoms with E-state index in [4.69, 9.17) is 27.9 Å². The van der Waals surface area contributed by atoms with Crippen molar-refractivity contribution in [1.29, 1.82) is 0 Å². The molecule has 1 aromatic rings. The van der Waals surface area contributed by atoms with Gasteiger partial charge in [-0.05, 0) is 25.4 Å². The summed E-state index contributed by atoms with van der Waals surface area (Å²) in [5.74, 6) is 0. The average Bonchev–Trinajstić information content (AvgIpc) is 1.99. The molecule has 1 aromatic heterocycles. The van der Waals surface area contributed by atoms with Crippen molar-refractivity contribution in [3.8, 4) is 0 Å². The Labute approximate surface area is 92.4 Å². The van der Waals surface area contributed by atoms with Crippen LogP contribution in [0.4, 0.5) is 0 Å². The van der Waals surface area contributed by atoms with E-state index in [1.807, 2.05) is 13.8 Å². The van der Waals surface area contributed by atoms with Crippen LogP contribution in [0.15, 0.2) is 0 Å². The highest BCUT2D eigenvalue weighted by Crippen LogP contribution is 2.33. The molecule has 0 bridgehead atoms. The lowest BCUT2D eigenvalue weighted by atomic mass is 10.0. The lowest BCUT2D eigenvalue weighted by Gasteiger charge is -2.27. The quantitative estimate of drug-likeness (QED) is 0.510. The van der Waals surface area contributed by atoms with E-state index in [1.54, 1.807) is 0 Å². The van der Waals surface area contributed by atoms with Gasteiger partial charge in [0.1, 0.15) is 5.15 Å². The summed E-state index contributed by atoms with van der Waals surface area (Å²) in [7, 11) is 0. The average molecular weight is 233 g/mol. The van der Waals surface area contributed by atoms with E-state index in [2.05, 4.69) is 9.97 Å². The topological polar surface area (TPSA) is 35.0 Å². The van der Waals surface area contributed by atoms with E-state index in [0.29, 0.717) is 5.15 Å². The third kappa shape index (κ3) is 1.72. The molecule has 14 heavy (non-hydrogen) atoms. The van der Waals surface area contributed by atoms with Crippen LogP contribution < -0.4 is 0 Å². The third-order valence-electron chi connectivity index (χ3n) is 2.27. The zero-order chi connectivity index (χ0) is 10.3. The highest BCUT2D eigenvalue weighted by atomic mass is 35.5. The highest BCUT2D eigenvalue weighted by molar-refractivity contribution is 6.32. The number of fused-ring (bicyclic) bond motifs is 1. The second kappa shape index (κ2) is 3.65. The number of hydrogen-bond acceptors (Lipinski definition) is 3. The van der Waals surface area contributed by atoms with Crippen molar-refractivity contribution in [3.63, 3.8) is 0 Å². The monoisotopic (exact) mass is 232 g/mol. The van der Waals surface area contributed by atoms with Crippen LogP contribution in [0.2, 0.25) is 10.4 Å². The SMILES string of the molecule is C[C@@H]1Cc2nc(Cl)nc(Cl)c2[C@H](C)O1. The van der Waals surface area contributed by atoms with Crippen molar-refractivity contribution in [2.24, 2.45) is 0 Å². The maximum Gasteiger partial charge on any atom is 0.224 e. The Balaban J connectivity index is 2.53. The molecule has 0 spiro atoms. The number of nitrogens with zero attached hydrogens (tertiary/aromatic N) is 2. The van der Waals surface area contributed by atoms with Gasteiger partial charge in [0.05, 0.1) is 17.9 Å². The molecule has 0 aromatic carbocycles. The van der Waals surface area contributed by atoms with Crippen molar-refractivity contribution in [1.82, 2.24) is 9.97 Å². The van der Waals surface area contributed by atoms with Crippen LogP contribution in [0.5, 0.6) is 0 Å². The molecular formula is C9H10Cl2N2O. The molecule has 2 rings (SSSR count). The fourth-order valence-electron chi connectivity index (χ4n) is 1.75. The fraction of sp³-hybridized carbons (Fsp3) is 0.556. The van der Waals surface area contributed by atoms with Gasteiger partial charge >= 0.3 is 0 Å². The minimum absolute atomic E-state index is 0.0569. The van der Waals surface area contributed by atoms with E-state index in [-0.39, 0.29) is 17.5 Å². The van der Waals surface area contributed by atoms with Gasteiger partial charge in [-0.25, -0.2) is 9.97 Å². The Morgan fingerprint density at radius 1 is 1.29 bits per heavy atom. The minimum Gasteiger partial charge on any atom is -0.370 e. The zero-order valence-electron chi connectivity index (χ0n) is 7.92. The highest BCUT2D eigenvalue weighted by Gasteiger charge is 2.26. The first-order valence-corrected chi connectivity index (χ1v) is 5.20. The Hall–Kier alpha value is -0.380. The second-order valence-corrected chi connectivity index (χ2v) is 4.13. The van der Waals surface area contributed by atoms with E-state index >= 15 is 0 Å². The van der Waals surface area contributed by atoms with Gasteiger partial charge in [0.25, 0.3) is 0 Å². The smallest absolute Gasteiger partial charge is 0.224 e. The van der Waals surface area contributed by atoms with Crippen molar-refractivity contribution < 1.29 is 4.74 Å². The summed E-state index contributed by atoms with van der Waals surface area (Å²) in [5.41, 5.74) is 1.77. The Morgan fingerprint density at radius 3 is 2.71 bits per heavy atom. The van der Waals surface area contributed by atoms with Crippen molar-refractivity contribution in [2.45, 2.75) is 32.5 Å². The maximum atomic E-state index is 5.97. The molecule has 0 saturated carbocycles. The molecule has 0 aliphatic carbocycles. The van der Waals surface area contributed by atoms with Crippen molar-refractivity contribution in [2.75, 3.05) is 0 Å². The van der Waals surface area contributed by atoms with Crippen LogP contribution in [0.3, 0.4) is 0 Å². The molecule has 1 aliphatic heterocycles. The lowest BCUT2D eigenvalue weighted by Crippen LogP contribution is -2.24. The predicted molar refractivity (Wildman–Crippen MR) is 54.7 cm³/mol. The van der Waals surface area contributed by atoms with E-state index in [0.717, 1.165) is 17.7 Å². The number of hydrogen-bond donors (Lipinski definition) is 0. The van der Waals surface area contributed by atoms with Crippen LogP contribution in [0.1, 0.15) is 31.2 Å². The van der Waals surface area contributed by atoms with Gasteiger partial charge in [-0.1, -0.05) is 11.6 Å². The maximum absolute atomic E-state index is 5.97. The molecule has 0 radical (unpaired) electrons. The first-order chi connectivity index (χ1) is 6.58. The van der Waals surface area contributed by atoms with Crippen LogP contribution in [0.25, 0.3) is 0 Å². The molecule has 0 amide bonds. The summed E-state index contributed by atoms with van der Waals surface area (Å²) in [6.45, 7) is 3.95. The number of ether oxygens (including phenoxy) is 1. The first kappa shape index (κ1) is 10.1. The fourth-order valence-corrected chi connectivity index (χ4v) is 2.32. The summed E-state index contributed by atoms with van der Waals surface area (Å²) in [5, 5.41) is 0.606. The first-order valence-electron chi connectivity index (χ1n) is 4.45. The van der Waals surface area contributed by atoms with E-state index in [9.17, 15) is 0 Å². The predicted octanol–water partition coefficient (Wildman–Crippen LogP) is 2.81. The second-order valence-electron chi connectivity index (χ2n) is 3.44. The molecule has 0 saturated heterocycles. The van der Waals surface area contributed by atoms with Gasteiger partial charge in [0.2, 0.25) is 5.28 Å². The van der Waals surface area contributed by atoms with Crippen LogP contribution in [-0.4, -0.2) is 16.1 Å². The molecule has 1 aliphatic rings. The Morgan fingerprint density at radius 2 is 2.00 bits per heavy atom. The zero-order valence-corrected chi connectivity index (χ0v) is 9.43. The summed E-state index contributed by atoms with van der Waals surface area (Å²) in [6.07, 6.45) is 0.833. The number of rotatable bonds is 0. The Kier molecular flexibility index (Phi) is 2.64. The van der Waals surface area contributed by atoms with Gasteiger partial charge in [-0.15, -0.1) is 0 Å². The molecule has 5 heteroatoms. The third-order valence-corrected chi connectivity index (χ3v) is 2.73. The number of halogens is 2. The van der Waals surface area contributed by atoms with Gasteiger partial charge in [0.15, 0.2) is 0 Å². The normalized spacial score (nSPS) is 26.0. The molecule has 0 fully saturated rings. The molecule has 0 N–H and O–H groups in total. The van der Waals surface area contributed by atoms with Crippen molar-refractivity contribution >= 4 is 23.2 Å². The molecule has 0 unspecified atom stereocenters. The van der Waals surface area contributed by atoms with Crippen molar-refractivity contribution in [3.05, 3.63) is 21.7 Å². The minimum atomic E-state index is -0.0569. The van der Waals surface area contributed by atoms with E-state index in [1.165, 1.54) is 0 Å². The largest absolute Gasteiger partial charge is 0.370 e. The molecule has 2 atom stereocenters. The van der Waals surface area contributed by atoms with Crippen LogP contribution in [0, 0.1) is 0 Å². The van der Waals surface area contributed by atoms with Gasteiger partial charge in [0, 0.05) is 12.0 Å². The standard InChI is InChI=1S/C9H10Cl2N2O/c1-4-3-6-7(5(2)14-4)8(10)13-9(11)12-6/h4-5H,3H2,1-2H3/t4-,5+/m1/s1. The van der Waals surface area contributed by atoms with E-state index < -0.39 is 0 Å². The van der Waals surface area contributed by atoms with Gasteiger partial charge in [-0.3, -0.25) is 0 Å². The summed E-state index contributed by atoms with van der Waals surface area (Å²) < 4.78 is 5.63. The van der Waals surface area contributed by atoms with Gasteiger partial charge in [-0.2, -0.15) is 0 Å². The molecule has 76 valence electrons. The summed E-state index contributed by atoms with van der Waals surface area (Å²) >= 11 is 11.7. The molecule has 3 nitrogen and oxygen atoms in total. The molecule has 2 heterocycles. The Bertz CT molecular complexity index is 370. The van der Waals surface area contributed by atoms with Crippen LogP contribution in [-0.2, 0) is 11.2 Å². The van der Waals surface area contributed by atoms with Crippen LogP contribution >= 0.6 is 23.2 Å².